The molecule has 0 spiro atoms. The third kappa shape index (κ3) is 4.75. The molecule has 200 valence electrons. The van der Waals surface area contributed by atoms with Gasteiger partial charge in [-0.05, 0) is 45.1 Å². The van der Waals surface area contributed by atoms with Crippen molar-refractivity contribution < 1.29 is 14.3 Å². The van der Waals surface area contributed by atoms with Crippen LogP contribution in [0, 0.1) is 0 Å². The van der Waals surface area contributed by atoms with Gasteiger partial charge in [-0.2, -0.15) is 9.61 Å². The van der Waals surface area contributed by atoms with Crippen molar-refractivity contribution in [3.8, 4) is 17.3 Å². The van der Waals surface area contributed by atoms with E-state index in [1.807, 2.05) is 59.0 Å². The Hall–Kier alpha value is -4.15. The summed E-state index contributed by atoms with van der Waals surface area (Å²) in [6.45, 7) is 15.4. The first-order chi connectivity index (χ1) is 18.2. The topological polar surface area (TPSA) is 101 Å². The first-order valence-corrected chi connectivity index (χ1v) is 12.8. The summed E-state index contributed by atoms with van der Waals surface area (Å²) < 4.78 is 13.1. The van der Waals surface area contributed by atoms with Crippen LogP contribution >= 0.6 is 0 Å². The number of ether oxygens (including phenoxy) is 2. The highest BCUT2D eigenvalue weighted by molar-refractivity contribution is 5.72. The fourth-order valence-electron chi connectivity index (χ4n) is 4.66. The van der Waals surface area contributed by atoms with Crippen LogP contribution in [0.2, 0.25) is 0 Å². The van der Waals surface area contributed by atoms with Crippen LogP contribution in [0.1, 0.15) is 27.7 Å². The highest BCUT2D eigenvalue weighted by Gasteiger charge is 2.27. The second-order valence-electron chi connectivity index (χ2n) is 10.4. The minimum absolute atomic E-state index is 0.288. The number of nitrogens with zero attached hydrogens (tertiary/aromatic N) is 8. The van der Waals surface area contributed by atoms with Crippen molar-refractivity contribution >= 4 is 29.2 Å². The molecule has 0 aromatic carbocycles. The van der Waals surface area contributed by atoms with Crippen molar-refractivity contribution in [1.82, 2.24) is 34.6 Å². The molecular formula is C27H34N8O3. The molecule has 0 unspecified atom stereocenters. The van der Waals surface area contributed by atoms with Crippen LogP contribution in [0.4, 0.5) is 10.5 Å². The van der Waals surface area contributed by atoms with Gasteiger partial charge in [-0.1, -0.05) is 18.7 Å². The van der Waals surface area contributed by atoms with E-state index in [0.29, 0.717) is 55.7 Å². The Morgan fingerprint density at radius 1 is 1.11 bits per heavy atom. The van der Waals surface area contributed by atoms with Gasteiger partial charge in [-0.25, -0.2) is 9.78 Å². The first-order valence-electron chi connectivity index (χ1n) is 12.8. The van der Waals surface area contributed by atoms with Gasteiger partial charge in [-0.15, -0.1) is 10.2 Å². The van der Waals surface area contributed by atoms with E-state index in [-0.39, 0.29) is 6.09 Å². The molecule has 2 aliphatic heterocycles. The van der Waals surface area contributed by atoms with Gasteiger partial charge in [0.15, 0.2) is 5.75 Å². The summed E-state index contributed by atoms with van der Waals surface area (Å²) in [7, 11) is 2.00. The number of fused-ring (bicyclic) bond motifs is 3. The van der Waals surface area contributed by atoms with Gasteiger partial charge in [0.2, 0.25) is 11.5 Å². The molecule has 11 heteroatoms. The number of pyridine rings is 1. The van der Waals surface area contributed by atoms with Crippen molar-refractivity contribution in [2.45, 2.75) is 33.3 Å². The average Bonchev–Trinajstić information content (AvgIpc) is 3.33. The predicted molar refractivity (Wildman–Crippen MR) is 145 cm³/mol. The van der Waals surface area contributed by atoms with Crippen molar-refractivity contribution in [3.63, 3.8) is 0 Å². The minimum Gasteiger partial charge on any atom is -0.486 e. The Morgan fingerprint density at radius 2 is 1.84 bits per heavy atom. The molecular weight excluding hydrogens is 484 g/mol. The van der Waals surface area contributed by atoms with Crippen LogP contribution in [0.3, 0.4) is 0 Å². The number of anilines is 1. The minimum atomic E-state index is -0.523. The SMILES string of the molecule is C=C/C(=c1/nc(-c2nnc3c4c(cnn23)N(C)CCO4)cc/c1=C/C)N1CCN(C(=O)OC(C)(C)C)CC1. The summed E-state index contributed by atoms with van der Waals surface area (Å²) in [6, 6.07) is 3.94. The summed E-state index contributed by atoms with van der Waals surface area (Å²) >= 11 is 0. The highest BCUT2D eigenvalue weighted by Crippen LogP contribution is 2.33. The maximum absolute atomic E-state index is 12.5. The highest BCUT2D eigenvalue weighted by atomic mass is 16.6. The Balaban J connectivity index is 1.50. The number of aromatic nitrogens is 5. The molecule has 0 saturated carbocycles. The molecule has 5 rings (SSSR count). The maximum atomic E-state index is 12.5. The van der Waals surface area contributed by atoms with Crippen LogP contribution < -0.4 is 20.2 Å². The van der Waals surface area contributed by atoms with Gasteiger partial charge in [0, 0.05) is 33.2 Å². The third-order valence-electron chi connectivity index (χ3n) is 6.63. The molecule has 2 aliphatic rings. The van der Waals surface area contributed by atoms with E-state index in [1.54, 1.807) is 15.6 Å². The molecule has 11 nitrogen and oxygen atoms in total. The molecule has 5 heterocycles. The van der Waals surface area contributed by atoms with Gasteiger partial charge in [-0.3, -0.25) is 0 Å². The van der Waals surface area contributed by atoms with Gasteiger partial charge in [0.25, 0.3) is 0 Å². The molecule has 0 bridgehead atoms. The van der Waals surface area contributed by atoms with E-state index in [9.17, 15) is 4.79 Å². The fraction of sp³-hybridized carbons (Fsp3) is 0.444. The number of carbonyl (C=O) groups excluding carboxylic acids is 1. The van der Waals surface area contributed by atoms with E-state index >= 15 is 0 Å². The Morgan fingerprint density at radius 3 is 2.53 bits per heavy atom. The number of likely N-dealkylation sites (N-methyl/N-ethyl adjacent to an activating group) is 1. The summed E-state index contributed by atoms with van der Waals surface area (Å²) in [5.41, 5.74) is 2.46. The quantitative estimate of drug-likeness (QED) is 0.512. The second-order valence-corrected chi connectivity index (χ2v) is 10.4. The van der Waals surface area contributed by atoms with E-state index in [0.717, 1.165) is 28.5 Å². The Labute approximate surface area is 221 Å². The van der Waals surface area contributed by atoms with E-state index < -0.39 is 5.60 Å². The van der Waals surface area contributed by atoms with E-state index in [4.69, 9.17) is 14.5 Å². The zero-order chi connectivity index (χ0) is 27.0. The summed E-state index contributed by atoms with van der Waals surface area (Å²) in [5.74, 6) is 1.20. The molecule has 3 aromatic rings. The van der Waals surface area contributed by atoms with Crippen molar-refractivity contribution in [2.24, 2.45) is 0 Å². The molecule has 0 radical (unpaired) electrons. The van der Waals surface area contributed by atoms with Gasteiger partial charge >= 0.3 is 6.09 Å². The number of hydrogen-bond acceptors (Lipinski definition) is 9. The molecule has 1 amide bonds. The first kappa shape index (κ1) is 25.5. The summed E-state index contributed by atoms with van der Waals surface area (Å²) in [6.07, 6.45) is 5.33. The van der Waals surface area contributed by atoms with Crippen molar-refractivity contribution in [2.75, 3.05) is 51.3 Å². The van der Waals surface area contributed by atoms with Crippen LogP contribution in [0.5, 0.6) is 5.75 Å². The smallest absolute Gasteiger partial charge is 0.410 e. The zero-order valence-electron chi connectivity index (χ0n) is 22.6. The average molecular weight is 519 g/mol. The van der Waals surface area contributed by atoms with Crippen LogP contribution in [-0.2, 0) is 4.74 Å². The number of hydrogen-bond donors (Lipinski definition) is 0. The van der Waals surface area contributed by atoms with Gasteiger partial charge in [0.1, 0.15) is 23.6 Å². The summed E-state index contributed by atoms with van der Waals surface area (Å²) in [5, 5.41) is 15.2. The standard InChI is InChI=1S/C27H34N8O3/c1-7-18-9-10-19(24-30-31-25-23-21(17-28-35(24)25)32(6)15-16-37-23)29-22(18)20(8-2)33-11-13-34(14-12-33)26(36)38-27(3,4)5/h7-10,17H,2,11-16H2,1,3-6H3/b18-7-,22-20-. The van der Waals surface area contributed by atoms with Crippen LogP contribution in [-0.4, -0.2) is 92.7 Å². The lowest BCUT2D eigenvalue weighted by Gasteiger charge is -2.37. The largest absolute Gasteiger partial charge is 0.486 e. The van der Waals surface area contributed by atoms with Crippen LogP contribution in [0.25, 0.3) is 28.9 Å². The second kappa shape index (κ2) is 9.96. The third-order valence-corrected chi connectivity index (χ3v) is 6.63. The fourth-order valence-corrected chi connectivity index (χ4v) is 4.66. The van der Waals surface area contributed by atoms with Gasteiger partial charge < -0.3 is 24.2 Å². The van der Waals surface area contributed by atoms with Crippen molar-refractivity contribution in [1.29, 1.82) is 0 Å². The van der Waals surface area contributed by atoms with Gasteiger partial charge in [0.05, 0.1) is 23.8 Å². The molecule has 1 saturated heterocycles. The van der Waals surface area contributed by atoms with E-state index in [1.165, 1.54) is 0 Å². The number of piperazine rings is 1. The molecule has 38 heavy (non-hydrogen) atoms. The molecule has 1 fully saturated rings. The van der Waals surface area contributed by atoms with Crippen molar-refractivity contribution in [3.05, 3.63) is 41.6 Å². The Bertz CT molecular complexity index is 1500. The van der Waals surface area contributed by atoms with E-state index in [2.05, 4.69) is 31.7 Å². The lowest BCUT2D eigenvalue weighted by Crippen LogP contribution is -2.50. The predicted octanol–water partition coefficient (Wildman–Crippen LogP) is 1.66. The lowest BCUT2D eigenvalue weighted by atomic mass is 10.2. The molecule has 3 aromatic heterocycles. The maximum Gasteiger partial charge on any atom is 0.410 e. The molecule has 0 N–H and O–H groups in total. The number of rotatable bonds is 3. The molecule has 0 aliphatic carbocycles. The normalized spacial score (nSPS) is 17.3. The number of amides is 1. The molecule has 0 atom stereocenters. The summed E-state index contributed by atoms with van der Waals surface area (Å²) in [4.78, 5) is 23.6. The Kier molecular flexibility index (Phi) is 6.68. The lowest BCUT2D eigenvalue weighted by molar-refractivity contribution is 0.0182. The zero-order valence-corrected chi connectivity index (χ0v) is 22.6. The van der Waals surface area contributed by atoms with Crippen LogP contribution in [0.15, 0.2) is 31.0 Å². The monoisotopic (exact) mass is 518 g/mol. The number of carbonyl (C=O) groups is 1.